The van der Waals surface area contributed by atoms with E-state index >= 15 is 0 Å². The zero-order valence-corrected chi connectivity index (χ0v) is 9.69. The zero-order valence-electron chi connectivity index (χ0n) is 9.69. The largest absolute Gasteiger partial charge is 0.493 e. The molecule has 5 heteroatoms. The number of morpholine rings is 1. The molecule has 3 rings (SSSR count). The monoisotopic (exact) mass is 237 g/mol. The first-order valence-corrected chi connectivity index (χ1v) is 5.68. The lowest BCUT2D eigenvalue weighted by Crippen LogP contribution is -2.33. The van der Waals surface area contributed by atoms with Crippen LogP contribution in [0, 0.1) is 0 Å². The topological polar surface area (TPSA) is 49.0 Å². The van der Waals surface area contributed by atoms with Gasteiger partial charge >= 0.3 is 0 Å². The average molecular weight is 237 g/mol. The number of ether oxygens (including phenoxy) is 4. The molecule has 5 nitrogen and oxygen atoms in total. The molecular formula is C12H15NO4. The second-order valence-corrected chi connectivity index (χ2v) is 4.02. The van der Waals surface area contributed by atoms with Crippen LogP contribution in [0.15, 0.2) is 12.1 Å². The number of rotatable bonds is 2. The third-order valence-electron chi connectivity index (χ3n) is 2.98. The lowest BCUT2D eigenvalue weighted by molar-refractivity contribution is 0.0275. The number of nitrogens with one attached hydrogen (secondary N) is 1. The molecule has 2 aliphatic heterocycles. The molecule has 0 radical (unpaired) electrons. The van der Waals surface area contributed by atoms with Crippen LogP contribution < -0.4 is 19.5 Å². The minimum Gasteiger partial charge on any atom is -0.493 e. The Balaban J connectivity index is 1.94. The Hall–Kier alpha value is -1.46. The van der Waals surface area contributed by atoms with Crippen molar-refractivity contribution in [2.24, 2.45) is 0 Å². The van der Waals surface area contributed by atoms with Crippen molar-refractivity contribution < 1.29 is 18.9 Å². The van der Waals surface area contributed by atoms with E-state index in [2.05, 4.69) is 5.32 Å². The van der Waals surface area contributed by atoms with Crippen LogP contribution in [0.5, 0.6) is 17.2 Å². The van der Waals surface area contributed by atoms with E-state index in [0.29, 0.717) is 11.5 Å². The van der Waals surface area contributed by atoms with Gasteiger partial charge in [0.05, 0.1) is 19.8 Å². The molecule has 1 aromatic carbocycles. The molecule has 92 valence electrons. The first-order chi connectivity index (χ1) is 8.38. The molecule has 0 aliphatic carbocycles. The van der Waals surface area contributed by atoms with Crippen molar-refractivity contribution in [3.8, 4) is 17.2 Å². The highest BCUT2D eigenvalue weighted by atomic mass is 16.7. The van der Waals surface area contributed by atoms with Gasteiger partial charge < -0.3 is 24.3 Å². The summed E-state index contributed by atoms with van der Waals surface area (Å²) in [6, 6.07) is 3.91. The number of fused-ring (bicyclic) bond motifs is 1. The summed E-state index contributed by atoms with van der Waals surface area (Å²) in [6.07, 6.45) is 0.0483. The van der Waals surface area contributed by atoms with Gasteiger partial charge in [0, 0.05) is 13.1 Å². The van der Waals surface area contributed by atoms with Crippen LogP contribution in [-0.2, 0) is 4.74 Å². The molecule has 1 atom stereocenters. The molecule has 17 heavy (non-hydrogen) atoms. The number of hydrogen-bond acceptors (Lipinski definition) is 5. The highest BCUT2D eigenvalue weighted by molar-refractivity contribution is 5.55. The second-order valence-electron chi connectivity index (χ2n) is 4.02. The molecule has 1 unspecified atom stereocenters. The second kappa shape index (κ2) is 4.43. The number of methoxy groups -OCH3 is 1. The fourth-order valence-electron chi connectivity index (χ4n) is 2.12. The van der Waals surface area contributed by atoms with Crippen LogP contribution in [0.25, 0.3) is 0 Å². The highest BCUT2D eigenvalue weighted by Gasteiger charge is 2.24. The van der Waals surface area contributed by atoms with Gasteiger partial charge in [-0.15, -0.1) is 0 Å². The third kappa shape index (κ3) is 1.92. The summed E-state index contributed by atoms with van der Waals surface area (Å²) >= 11 is 0. The van der Waals surface area contributed by atoms with Crippen molar-refractivity contribution in [3.05, 3.63) is 17.7 Å². The van der Waals surface area contributed by atoms with Crippen molar-refractivity contribution in [2.75, 3.05) is 33.6 Å². The van der Waals surface area contributed by atoms with Gasteiger partial charge in [-0.1, -0.05) is 0 Å². The van der Waals surface area contributed by atoms with Gasteiger partial charge in [-0.2, -0.15) is 0 Å². The number of benzene rings is 1. The Bertz CT molecular complexity index is 415. The van der Waals surface area contributed by atoms with E-state index in [4.69, 9.17) is 18.9 Å². The molecule has 1 aromatic rings. The van der Waals surface area contributed by atoms with Gasteiger partial charge in [-0.05, 0) is 17.7 Å². The molecule has 1 fully saturated rings. The van der Waals surface area contributed by atoms with Gasteiger partial charge in [0.1, 0.15) is 0 Å². The van der Waals surface area contributed by atoms with Crippen LogP contribution in [-0.4, -0.2) is 33.6 Å². The SMILES string of the molecule is COc1cc(C2CNCCO2)cc2c1OCO2. The Labute approximate surface area is 99.6 Å². The maximum absolute atomic E-state index is 5.71. The predicted molar refractivity (Wildman–Crippen MR) is 60.7 cm³/mol. The Morgan fingerprint density at radius 2 is 2.29 bits per heavy atom. The molecule has 2 heterocycles. The molecule has 0 spiro atoms. The van der Waals surface area contributed by atoms with E-state index in [1.807, 2.05) is 12.1 Å². The molecule has 0 aromatic heterocycles. The summed E-state index contributed by atoms with van der Waals surface area (Å²) in [7, 11) is 1.63. The summed E-state index contributed by atoms with van der Waals surface area (Å²) in [6.45, 7) is 2.68. The summed E-state index contributed by atoms with van der Waals surface area (Å²) in [5.41, 5.74) is 1.05. The summed E-state index contributed by atoms with van der Waals surface area (Å²) in [5, 5.41) is 3.30. The quantitative estimate of drug-likeness (QED) is 0.834. The average Bonchev–Trinajstić information content (AvgIpc) is 2.86. The van der Waals surface area contributed by atoms with Gasteiger partial charge in [-0.3, -0.25) is 0 Å². The maximum atomic E-state index is 5.71. The van der Waals surface area contributed by atoms with E-state index < -0.39 is 0 Å². The number of hydrogen-bond donors (Lipinski definition) is 1. The highest BCUT2D eigenvalue weighted by Crippen LogP contribution is 2.43. The van der Waals surface area contributed by atoms with Crippen LogP contribution in [0.4, 0.5) is 0 Å². The lowest BCUT2D eigenvalue weighted by atomic mass is 10.1. The maximum Gasteiger partial charge on any atom is 0.231 e. The third-order valence-corrected chi connectivity index (χ3v) is 2.98. The Morgan fingerprint density at radius 1 is 1.35 bits per heavy atom. The van der Waals surface area contributed by atoms with Crippen LogP contribution in [0.3, 0.4) is 0 Å². The normalized spacial score (nSPS) is 22.5. The van der Waals surface area contributed by atoms with Gasteiger partial charge in [0.15, 0.2) is 11.5 Å². The van der Waals surface area contributed by atoms with Crippen molar-refractivity contribution in [3.63, 3.8) is 0 Å². The van der Waals surface area contributed by atoms with Gasteiger partial charge in [0.25, 0.3) is 0 Å². The van der Waals surface area contributed by atoms with Gasteiger partial charge in [-0.25, -0.2) is 0 Å². The van der Waals surface area contributed by atoms with Crippen LogP contribution >= 0.6 is 0 Å². The Kier molecular flexibility index (Phi) is 2.78. The first kappa shape index (κ1) is 10.7. The van der Waals surface area contributed by atoms with E-state index in [1.165, 1.54) is 0 Å². The fraction of sp³-hybridized carbons (Fsp3) is 0.500. The van der Waals surface area contributed by atoms with E-state index in [9.17, 15) is 0 Å². The minimum atomic E-state index is 0.0483. The molecule has 0 saturated carbocycles. The lowest BCUT2D eigenvalue weighted by Gasteiger charge is -2.24. The molecule has 1 saturated heterocycles. The smallest absolute Gasteiger partial charge is 0.231 e. The molecule has 1 N–H and O–H groups in total. The Morgan fingerprint density at radius 3 is 3.06 bits per heavy atom. The van der Waals surface area contributed by atoms with E-state index in [1.54, 1.807) is 7.11 Å². The summed E-state index contributed by atoms with van der Waals surface area (Å²) in [4.78, 5) is 0. The van der Waals surface area contributed by atoms with Crippen molar-refractivity contribution in [1.29, 1.82) is 0 Å². The minimum absolute atomic E-state index is 0.0483. The predicted octanol–water partition coefficient (Wildman–Crippen LogP) is 1.08. The zero-order chi connectivity index (χ0) is 11.7. The van der Waals surface area contributed by atoms with Crippen molar-refractivity contribution in [1.82, 2.24) is 5.32 Å². The standard InChI is InChI=1S/C12H15NO4/c1-14-9-4-8(11-6-13-2-3-15-11)5-10-12(9)17-7-16-10/h4-5,11,13H,2-3,6-7H2,1H3. The van der Waals surface area contributed by atoms with E-state index in [0.717, 1.165) is 31.0 Å². The van der Waals surface area contributed by atoms with E-state index in [-0.39, 0.29) is 12.9 Å². The summed E-state index contributed by atoms with van der Waals surface area (Å²) < 4.78 is 21.8. The molecular weight excluding hydrogens is 222 g/mol. The fourth-order valence-corrected chi connectivity index (χ4v) is 2.12. The molecule has 0 amide bonds. The molecule has 0 bridgehead atoms. The van der Waals surface area contributed by atoms with Crippen LogP contribution in [0.1, 0.15) is 11.7 Å². The van der Waals surface area contributed by atoms with Gasteiger partial charge in [0.2, 0.25) is 12.5 Å². The first-order valence-electron chi connectivity index (χ1n) is 5.68. The summed E-state index contributed by atoms with van der Waals surface area (Å²) in [5.74, 6) is 2.11. The molecule has 2 aliphatic rings. The van der Waals surface area contributed by atoms with Crippen LogP contribution in [0.2, 0.25) is 0 Å². The van der Waals surface area contributed by atoms with Crippen molar-refractivity contribution >= 4 is 0 Å². The van der Waals surface area contributed by atoms with Crippen molar-refractivity contribution in [2.45, 2.75) is 6.10 Å².